The van der Waals surface area contributed by atoms with Crippen LogP contribution in [-0.2, 0) is 11.3 Å². The van der Waals surface area contributed by atoms with Crippen molar-refractivity contribution in [3.8, 4) is 11.1 Å². The maximum Gasteiger partial charge on any atom is 0.326 e. The number of carboxylic acid groups (broad SMARTS) is 1. The summed E-state index contributed by atoms with van der Waals surface area (Å²) in [7, 11) is 0. The van der Waals surface area contributed by atoms with Crippen molar-refractivity contribution >= 4 is 23.2 Å². The molecule has 2 heterocycles. The molecule has 5 heteroatoms. The Kier molecular flexibility index (Phi) is 3.51. The molecular weight excluding hydrogens is 286 g/mol. The summed E-state index contributed by atoms with van der Waals surface area (Å²) >= 11 is 1.61. The lowest BCUT2D eigenvalue weighted by Crippen LogP contribution is -2.40. The first-order valence-electron chi connectivity index (χ1n) is 6.81. The Labute approximate surface area is 126 Å². The number of carboxylic acids is 1. The first kappa shape index (κ1) is 13.8. The van der Waals surface area contributed by atoms with Crippen LogP contribution in [0.1, 0.15) is 29.3 Å². The summed E-state index contributed by atoms with van der Waals surface area (Å²) < 4.78 is 0. The minimum absolute atomic E-state index is 0.184. The van der Waals surface area contributed by atoms with Crippen LogP contribution in [0.15, 0.2) is 35.0 Å². The molecule has 1 atom stereocenters. The molecule has 0 saturated carbocycles. The fourth-order valence-corrected chi connectivity index (χ4v) is 3.38. The third kappa shape index (κ3) is 2.34. The van der Waals surface area contributed by atoms with Crippen molar-refractivity contribution in [1.82, 2.24) is 4.90 Å². The molecule has 0 radical (unpaired) electrons. The van der Waals surface area contributed by atoms with Crippen LogP contribution in [0.4, 0.5) is 0 Å². The van der Waals surface area contributed by atoms with E-state index in [1.807, 2.05) is 35.0 Å². The quantitative estimate of drug-likeness (QED) is 0.943. The van der Waals surface area contributed by atoms with E-state index >= 15 is 0 Å². The van der Waals surface area contributed by atoms with Crippen molar-refractivity contribution < 1.29 is 14.7 Å². The normalized spacial score (nSPS) is 15.1. The Hall–Kier alpha value is -2.14. The number of fused-ring (bicyclic) bond motifs is 1. The minimum Gasteiger partial charge on any atom is -0.480 e. The van der Waals surface area contributed by atoms with E-state index in [2.05, 4.69) is 0 Å². The maximum atomic E-state index is 12.5. The van der Waals surface area contributed by atoms with Gasteiger partial charge in [-0.1, -0.05) is 19.1 Å². The van der Waals surface area contributed by atoms with Crippen LogP contribution >= 0.6 is 11.3 Å². The van der Waals surface area contributed by atoms with Crippen molar-refractivity contribution in [2.75, 3.05) is 0 Å². The van der Waals surface area contributed by atoms with Gasteiger partial charge in [-0.15, -0.1) is 0 Å². The lowest BCUT2D eigenvalue weighted by Gasteiger charge is -2.22. The van der Waals surface area contributed by atoms with Gasteiger partial charge in [0.25, 0.3) is 5.91 Å². The van der Waals surface area contributed by atoms with E-state index in [0.717, 1.165) is 16.7 Å². The predicted molar refractivity (Wildman–Crippen MR) is 81.3 cm³/mol. The monoisotopic (exact) mass is 301 g/mol. The Morgan fingerprint density at radius 2 is 2.19 bits per heavy atom. The molecule has 0 bridgehead atoms. The average Bonchev–Trinajstić information content (AvgIpc) is 3.09. The molecule has 1 aliphatic rings. The zero-order valence-electron chi connectivity index (χ0n) is 11.6. The lowest BCUT2D eigenvalue weighted by atomic mass is 10.0. The number of benzene rings is 1. The molecule has 1 aromatic carbocycles. The zero-order valence-corrected chi connectivity index (χ0v) is 12.4. The third-order valence-corrected chi connectivity index (χ3v) is 4.53. The molecule has 4 nitrogen and oxygen atoms in total. The van der Waals surface area contributed by atoms with Gasteiger partial charge in [0.05, 0.1) is 0 Å². The molecule has 0 saturated heterocycles. The molecule has 0 fully saturated rings. The fourth-order valence-electron chi connectivity index (χ4n) is 2.71. The molecule has 1 unspecified atom stereocenters. The largest absolute Gasteiger partial charge is 0.480 e. The number of carbonyl (C=O) groups excluding carboxylic acids is 1. The number of nitrogens with zero attached hydrogens (tertiary/aromatic N) is 1. The van der Waals surface area contributed by atoms with Crippen molar-refractivity contribution in [2.45, 2.75) is 25.9 Å². The van der Waals surface area contributed by atoms with Gasteiger partial charge in [-0.05, 0) is 46.0 Å². The van der Waals surface area contributed by atoms with E-state index in [1.165, 1.54) is 4.90 Å². The Morgan fingerprint density at radius 3 is 2.81 bits per heavy atom. The second kappa shape index (κ2) is 5.33. The van der Waals surface area contributed by atoms with Crippen LogP contribution in [0.25, 0.3) is 11.1 Å². The number of rotatable bonds is 4. The topological polar surface area (TPSA) is 57.6 Å². The summed E-state index contributed by atoms with van der Waals surface area (Å²) in [6.07, 6.45) is 0.409. The van der Waals surface area contributed by atoms with Crippen LogP contribution in [0.3, 0.4) is 0 Å². The number of aliphatic carboxylic acids is 1. The summed E-state index contributed by atoms with van der Waals surface area (Å²) in [4.78, 5) is 25.2. The van der Waals surface area contributed by atoms with Gasteiger partial charge < -0.3 is 10.0 Å². The van der Waals surface area contributed by atoms with Crippen LogP contribution in [0.2, 0.25) is 0 Å². The molecule has 0 spiro atoms. The van der Waals surface area contributed by atoms with E-state index in [0.29, 0.717) is 18.5 Å². The molecule has 1 N–H and O–H groups in total. The molecular formula is C16H15NO3S. The van der Waals surface area contributed by atoms with Gasteiger partial charge in [0, 0.05) is 12.1 Å². The summed E-state index contributed by atoms with van der Waals surface area (Å²) in [5, 5.41) is 13.3. The average molecular weight is 301 g/mol. The lowest BCUT2D eigenvalue weighted by molar-refractivity contribution is -0.142. The Bertz CT molecular complexity index is 694. The highest BCUT2D eigenvalue weighted by atomic mass is 32.1. The van der Waals surface area contributed by atoms with E-state index in [-0.39, 0.29) is 5.91 Å². The molecule has 3 rings (SSSR count). The molecule has 1 aromatic heterocycles. The van der Waals surface area contributed by atoms with Crippen molar-refractivity contribution in [1.29, 1.82) is 0 Å². The van der Waals surface area contributed by atoms with Gasteiger partial charge in [-0.3, -0.25) is 4.79 Å². The van der Waals surface area contributed by atoms with Crippen molar-refractivity contribution in [3.05, 3.63) is 46.2 Å². The van der Waals surface area contributed by atoms with E-state index < -0.39 is 12.0 Å². The van der Waals surface area contributed by atoms with Crippen molar-refractivity contribution in [2.24, 2.45) is 0 Å². The molecule has 0 aliphatic carbocycles. The number of hydrogen-bond acceptors (Lipinski definition) is 3. The Morgan fingerprint density at radius 1 is 1.38 bits per heavy atom. The smallest absolute Gasteiger partial charge is 0.326 e. The standard InChI is InChI=1S/C16H15NO3S/c1-2-14(16(19)20)17-8-11-4-3-10(7-13(11)15(17)18)12-5-6-21-9-12/h3-7,9,14H,2,8H2,1H3,(H,19,20). The molecule has 2 aromatic rings. The van der Waals surface area contributed by atoms with E-state index in [9.17, 15) is 14.7 Å². The van der Waals surface area contributed by atoms with E-state index in [1.54, 1.807) is 18.3 Å². The van der Waals surface area contributed by atoms with Gasteiger partial charge >= 0.3 is 5.97 Å². The zero-order chi connectivity index (χ0) is 15.0. The highest BCUT2D eigenvalue weighted by Crippen LogP contribution is 2.31. The predicted octanol–water partition coefficient (Wildman–Crippen LogP) is 3.23. The molecule has 108 valence electrons. The number of thiophene rings is 1. The number of hydrogen-bond donors (Lipinski definition) is 1. The number of carbonyl (C=O) groups is 2. The summed E-state index contributed by atoms with van der Waals surface area (Å²) in [5.41, 5.74) is 3.60. The minimum atomic E-state index is -0.947. The SMILES string of the molecule is CCC(C(=O)O)N1Cc2ccc(-c3ccsc3)cc2C1=O. The summed E-state index contributed by atoms with van der Waals surface area (Å²) in [6.45, 7) is 2.16. The molecule has 1 aliphatic heterocycles. The van der Waals surface area contributed by atoms with Gasteiger partial charge in [-0.2, -0.15) is 11.3 Å². The second-order valence-electron chi connectivity index (χ2n) is 5.08. The highest BCUT2D eigenvalue weighted by Gasteiger charge is 2.35. The third-order valence-electron chi connectivity index (χ3n) is 3.84. The van der Waals surface area contributed by atoms with Crippen LogP contribution in [0.5, 0.6) is 0 Å². The fraction of sp³-hybridized carbons (Fsp3) is 0.250. The van der Waals surface area contributed by atoms with Crippen LogP contribution in [-0.4, -0.2) is 27.9 Å². The summed E-state index contributed by atoms with van der Waals surface area (Å²) in [6, 6.07) is 7.03. The summed E-state index contributed by atoms with van der Waals surface area (Å²) in [5.74, 6) is -1.13. The second-order valence-corrected chi connectivity index (χ2v) is 5.86. The van der Waals surface area contributed by atoms with Gasteiger partial charge in [0.2, 0.25) is 0 Å². The maximum absolute atomic E-state index is 12.5. The highest BCUT2D eigenvalue weighted by molar-refractivity contribution is 7.08. The van der Waals surface area contributed by atoms with Crippen LogP contribution in [0, 0.1) is 0 Å². The first-order chi connectivity index (χ1) is 10.1. The van der Waals surface area contributed by atoms with Gasteiger partial charge in [0.15, 0.2) is 0 Å². The van der Waals surface area contributed by atoms with E-state index in [4.69, 9.17) is 0 Å². The number of amides is 1. The van der Waals surface area contributed by atoms with Crippen LogP contribution < -0.4 is 0 Å². The first-order valence-corrected chi connectivity index (χ1v) is 7.75. The van der Waals surface area contributed by atoms with Crippen molar-refractivity contribution in [3.63, 3.8) is 0 Å². The molecule has 21 heavy (non-hydrogen) atoms. The Balaban J connectivity index is 1.95. The molecule has 1 amide bonds. The van der Waals surface area contributed by atoms with Gasteiger partial charge in [-0.25, -0.2) is 4.79 Å². The van der Waals surface area contributed by atoms with Gasteiger partial charge in [0.1, 0.15) is 6.04 Å².